The molecule has 0 aromatic heterocycles. The lowest BCUT2D eigenvalue weighted by molar-refractivity contribution is -0.137. The average Bonchev–Trinajstić information content (AvgIpc) is 2.48. The summed E-state index contributed by atoms with van der Waals surface area (Å²) in [6.07, 6.45) is 0. The van der Waals surface area contributed by atoms with Crippen molar-refractivity contribution in [2.24, 2.45) is 0 Å². The van der Waals surface area contributed by atoms with E-state index in [1.165, 1.54) is 30.0 Å². The Bertz CT molecular complexity index is 675. The van der Waals surface area contributed by atoms with Crippen molar-refractivity contribution in [3.8, 4) is 0 Å². The first-order valence-electron chi connectivity index (χ1n) is 6.54. The third-order valence-corrected chi connectivity index (χ3v) is 4.30. The largest absolute Gasteiger partial charge is 0.466 e. The smallest absolute Gasteiger partial charge is 0.337 e. The summed E-state index contributed by atoms with van der Waals surface area (Å²) in [5, 5.41) is 0. The number of carbonyl (C=O) groups is 2. The number of likely N-dealkylation sites (N-methyl/N-ethyl adjacent to an activating group) is 1. The van der Waals surface area contributed by atoms with Gasteiger partial charge in [-0.1, -0.05) is 22.0 Å². The molecule has 2 rings (SSSR count). The minimum Gasteiger partial charge on any atom is -0.466 e. The Kier molecular flexibility index (Phi) is 4.55. The first-order valence-corrected chi connectivity index (χ1v) is 7.33. The fraction of sp³-hybridized carbons (Fsp3) is 0.333. The van der Waals surface area contributed by atoms with Gasteiger partial charge in [-0.05, 0) is 19.1 Å². The lowest BCUT2D eigenvalue weighted by atomic mass is 9.93. The van der Waals surface area contributed by atoms with Crippen LogP contribution in [0.2, 0.25) is 0 Å². The summed E-state index contributed by atoms with van der Waals surface area (Å²) < 4.78 is 19.7. The lowest BCUT2D eigenvalue weighted by Gasteiger charge is -2.39. The number of urea groups is 1. The van der Waals surface area contributed by atoms with Gasteiger partial charge in [0.05, 0.1) is 18.7 Å². The van der Waals surface area contributed by atoms with Crippen molar-refractivity contribution in [3.63, 3.8) is 0 Å². The molecule has 1 heterocycles. The quantitative estimate of drug-likeness (QED) is 0.751. The predicted molar refractivity (Wildman–Crippen MR) is 82.5 cm³/mol. The second-order valence-corrected chi connectivity index (χ2v) is 5.93. The Morgan fingerprint density at radius 3 is 2.55 bits per heavy atom. The second kappa shape index (κ2) is 6.08. The molecule has 1 atom stereocenters. The van der Waals surface area contributed by atoms with Crippen molar-refractivity contribution < 1.29 is 18.7 Å². The SMILES string of the molecule is COC(=O)C1=C(C)N(C)C(=O)N(C)C1c1ccc(Br)cc1F. The number of amides is 2. The van der Waals surface area contributed by atoms with Crippen molar-refractivity contribution in [1.29, 1.82) is 0 Å². The number of halogens is 2. The lowest BCUT2D eigenvalue weighted by Crippen LogP contribution is -2.47. The van der Waals surface area contributed by atoms with E-state index in [-0.39, 0.29) is 17.2 Å². The van der Waals surface area contributed by atoms with Gasteiger partial charge in [0.2, 0.25) is 0 Å². The molecule has 0 radical (unpaired) electrons. The number of carbonyl (C=O) groups excluding carboxylic acids is 2. The molecule has 1 aromatic carbocycles. The van der Waals surface area contributed by atoms with Crippen molar-refractivity contribution in [1.82, 2.24) is 9.80 Å². The molecule has 7 heteroatoms. The highest BCUT2D eigenvalue weighted by molar-refractivity contribution is 9.10. The maximum atomic E-state index is 14.3. The van der Waals surface area contributed by atoms with Gasteiger partial charge in [0.25, 0.3) is 0 Å². The van der Waals surface area contributed by atoms with Crippen molar-refractivity contribution >= 4 is 27.9 Å². The van der Waals surface area contributed by atoms with Crippen LogP contribution in [0.5, 0.6) is 0 Å². The van der Waals surface area contributed by atoms with Crippen LogP contribution in [0.3, 0.4) is 0 Å². The summed E-state index contributed by atoms with van der Waals surface area (Å²) in [4.78, 5) is 27.1. The van der Waals surface area contributed by atoms with E-state index in [1.54, 1.807) is 26.1 Å². The van der Waals surface area contributed by atoms with Gasteiger partial charge < -0.3 is 14.5 Å². The minimum absolute atomic E-state index is 0.243. The minimum atomic E-state index is -0.829. The maximum Gasteiger partial charge on any atom is 0.337 e. The highest BCUT2D eigenvalue weighted by atomic mass is 79.9. The molecule has 0 aliphatic carbocycles. The van der Waals surface area contributed by atoms with Crippen molar-refractivity contribution in [2.75, 3.05) is 21.2 Å². The van der Waals surface area contributed by atoms with Gasteiger partial charge in [0.1, 0.15) is 5.82 Å². The monoisotopic (exact) mass is 370 g/mol. The summed E-state index contributed by atoms with van der Waals surface area (Å²) in [6, 6.07) is 3.37. The third kappa shape index (κ3) is 2.61. The van der Waals surface area contributed by atoms with Crippen LogP contribution < -0.4 is 0 Å². The van der Waals surface area contributed by atoms with Crippen LogP contribution in [0.4, 0.5) is 9.18 Å². The summed E-state index contributed by atoms with van der Waals surface area (Å²) >= 11 is 3.19. The molecule has 1 aliphatic heterocycles. The number of allylic oxidation sites excluding steroid dienone is 1. The van der Waals surface area contributed by atoms with Crippen LogP contribution in [-0.4, -0.2) is 43.0 Å². The normalized spacial score (nSPS) is 18.8. The van der Waals surface area contributed by atoms with E-state index < -0.39 is 17.8 Å². The summed E-state index contributed by atoms with van der Waals surface area (Å²) in [6.45, 7) is 1.64. The molecule has 1 aromatic rings. The van der Waals surface area contributed by atoms with Crippen LogP contribution in [0.15, 0.2) is 33.9 Å². The molecule has 22 heavy (non-hydrogen) atoms. The number of methoxy groups -OCH3 is 1. The van der Waals surface area contributed by atoms with Gasteiger partial charge in [0, 0.05) is 29.8 Å². The predicted octanol–water partition coefficient (Wildman–Crippen LogP) is 3.07. The number of hydrogen-bond donors (Lipinski definition) is 0. The zero-order valence-corrected chi connectivity index (χ0v) is 14.3. The molecule has 0 spiro atoms. The van der Waals surface area contributed by atoms with Gasteiger partial charge in [-0.3, -0.25) is 0 Å². The van der Waals surface area contributed by atoms with Crippen LogP contribution in [0.25, 0.3) is 0 Å². The zero-order valence-electron chi connectivity index (χ0n) is 12.7. The number of nitrogens with zero attached hydrogens (tertiary/aromatic N) is 2. The Balaban J connectivity index is 2.68. The van der Waals surface area contributed by atoms with E-state index in [4.69, 9.17) is 4.74 Å². The highest BCUT2D eigenvalue weighted by Gasteiger charge is 2.40. The van der Waals surface area contributed by atoms with E-state index in [9.17, 15) is 14.0 Å². The zero-order chi connectivity index (χ0) is 16.6. The van der Waals surface area contributed by atoms with E-state index in [0.717, 1.165) is 0 Å². The van der Waals surface area contributed by atoms with E-state index in [1.807, 2.05) is 0 Å². The molecule has 1 aliphatic rings. The molecule has 1 unspecified atom stereocenters. The molecule has 118 valence electrons. The molecule has 0 saturated heterocycles. The third-order valence-electron chi connectivity index (χ3n) is 3.80. The van der Waals surface area contributed by atoms with Crippen LogP contribution >= 0.6 is 15.9 Å². The first kappa shape index (κ1) is 16.5. The van der Waals surface area contributed by atoms with Crippen LogP contribution in [-0.2, 0) is 9.53 Å². The van der Waals surface area contributed by atoms with Gasteiger partial charge in [-0.25, -0.2) is 14.0 Å². The summed E-state index contributed by atoms with van der Waals surface area (Å²) in [5.74, 6) is -1.09. The molecule has 0 N–H and O–H groups in total. The molecular formula is C15H16BrFN2O3. The number of hydrogen-bond acceptors (Lipinski definition) is 3. The van der Waals surface area contributed by atoms with Gasteiger partial charge in [-0.2, -0.15) is 0 Å². The Labute approximate surface area is 136 Å². The van der Waals surface area contributed by atoms with E-state index >= 15 is 0 Å². The number of rotatable bonds is 2. The molecule has 0 bridgehead atoms. The van der Waals surface area contributed by atoms with E-state index in [2.05, 4.69) is 15.9 Å². The number of ether oxygens (including phenoxy) is 1. The fourth-order valence-electron chi connectivity index (χ4n) is 2.52. The Morgan fingerprint density at radius 2 is 2.00 bits per heavy atom. The van der Waals surface area contributed by atoms with Crippen LogP contribution in [0.1, 0.15) is 18.5 Å². The van der Waals surface area contributed by atoms with E-state index in [0.29, 0.717) is 10.2 Å². The van der Waals surface area contributed by atoms with Gasteiger partial charge >= 0.3 is 12.0 Å². The van der Waals surface area contributed by atoms with Gasteiger partial charge in [0.15, 0.2) is 0 Å². The summed E-state index contributed by atoms with van der Waals surface area (Å²) in [7, 11) is 4.35. The van der Waals surface area contributed by atoms with Crippen LogP contribution in [0, 0.1) is 5.82 Å². The Hall–Kier alpha value is -1.89. The standard InChI is InChI=1S/C15H16BrFN2O3/c1-8-12(14(20)22-4)13(19(3)15(21)18(8)2)10-6-5-9(16)7-11(10)17/h5-7,13H,1-4H3. The summed E-state index contributed by atoms with van der Waals surface area (Å²) in [5.41, 5.74) is 0.933. The van der Waals surface area contributed by atoms with Crippen molar-refractivity contribution in [2.45, 2.75) is 13.0 Å². The fourth-order valence-corrected chi connectivity index (χ4v) is 2.85. The second-order valence-electron chi connectivity index (χ2n) is 5.01. The molecule has 2 amide bonds. The molecule has 5 nitrogen and oxygen atoms in total. The Morgan fingerprint density at radius 1 is 1.36 bits per heavy atom. The topological polar surface area (TPSA) is 49.9 Å². The molecule has 0 saturated carbocycles. The highest BCUT2D eigenvalue weighted by Crippen LogP contribution is 2.37. The first-order chi connectivity index (χ1) is 10.3. The number of benzene rings is 1. The number of esters is 1. The molecule has 0 fully saturated rings. The van der Waals surface area contributed by atoms with Gasteiger partial charge in [-0.15, -0.1) is 0 Å². The maximum absolute atomic E-state index is 14.3. The van der Waals surface area contributed by atoms with Crippen molar-refractivity contribution in [3.05, 3.63) is 45.3 Å². The average molecular weight is 371 g/mol. The molecular weight excluding hydrogens is 355 g/mol.